The predicted molar refractivity (Wildman–Crippen MR) is 75.5 cm³/mol. The lowest BCUT2D eigenvalue weighted by Gasteiger charge is -2.31. The first-order chi connectivity index (χ1) is 8.38. The standard InChI is InChI=1S/C16H21NO/c1-11-5-7-14(8-6-11)18-15-9-13(3)16(4,17)10-12(15)2/h5-9H,10,17H2,1-4H3. The van der Waals surface area contributed by atoms with Gasteiger partial charge in [0.1, 0.15) is 11.5 Å². The van der Waals surface area contributed by atoms with Gasteiger partial charge in [0.05, 0.1) is 0 Å². The zero-order chi connectivity index (χ0) is 13.3. The molecular weight excluding hydrogens is 222 g/mol. The second kappa shape index (κ2) is 4.62. The minimum Gasteiger partial charge on any atom is -0.457 e. The monoisotopic (exact) mass is 243 g/mol. The Kier molecular flexibility index (Phi) is 3.31. The van der Waals surface area contributed by atoms with E-state index in [4.69, 9.17) is 10.5 Å². The maximum absolute atomic E-state index is 6.23. The van der Waals surface area contributed by atoms with E-state index in [2.05, 4.69) is 45.9 Å². The third-order valence-electron chi connectivity index (χ3n) is 3.55. The summed E-state index contributed by atoms with van der Waals surface area (Å²) >= 11 is 0. The SMILES string of the molecule is CC1=CC(Oc2ccc(C)cc2)=C(C)CC1(C)N. The van der Waals surface area contributed by atoms with E-state index in [-0.39, 0.29) is 5.54 Å². The number of nitrogens with two attached hydrogens (primary N) is 1. The molecule has 1 aromatic carbocycles. The maximum Gasteiger partial charge on any atom is 0.127 e. The van der Waals surface area contributed by atoms with E-state index in [1.54, 1.807) is 0 Å². The zero-order valence-electron chi connectivity index (χ0n) is 11.6. The fraction of sp³-hybridized carbons (Fsp3) is 0.375. The molecule has 1 atom stereocenters. The third-order valence-corrected chi connectivity index (χ3v) is 3.55. The van der Waals surface area contributed by atoms with E-state index in [1.165, 1.54) is 11.1 Å². The summed E-state index contributed by atoms with van der Waals surface area (Å²) in [6, 6.07) is 8.10. The van der Waals surface area contributed by atoms with Crippen molar-refractivity contribution in [1.29, 1.82) is 0 Å². The van der Waals surface area contributed by atoms with Crippen LogP contribution in [0, 0.1) is 6.92 Å². The lowest BCUT2D eigenvalue weighted by atomic mass is 9.83. The minimum absolute atomic E-state index is 0.246. The molecule has 96 valence electrons. The number of rotatable bonds is 2. The molecule has 18 heavy (non-hydrogen) atoms. The Morgan fingerprint density at radius 3 is 2.33 bits per heavy atom. The van der Waals surface area contributed by atoms with Crippen molar-refractivity contribution in [3.05, 3.63) is 52.8 Å². The van der Waals surface area contributed by atoms with Crippen molar-refractivity contribution in [3.63, 3.8) is 0 Å². The van der Waals surface area contributed by atoms with Crippen LogP contribution in [0.1, 0.15) is 32.8 Å². The molecule has 2 rings (SSSR count). The van der Waals surface area contributed by atoms with Gasteiger partial charge < -0.3 is 10.5 Å². The van der Waals surface area contributed by atoms with Gasteiger partial charge in [-0.1, -0.05) is 17.7 Å². The summed E-state index contributed by atoms with van der Waals surface area (Å²) in [6.07, 6.45) is 2.90. The van der Waals surface area contributed by atoms with Crippen LogP contribution >= 0.6 is 0 Å². The second-order valence-electron chi connectivity index (χ2n) is 5.48. The predicted octanol–water partition coefficient (Wildman–Crippen LogP) is 3.72. The van der Waals surface area contributed by atoms with Crippen molar-refractivity contribution < 1.29 is 4.74 Å². The van der Waals surface area contributed by atoms with Crippen molar-refractivity contribution in [2.45, 2.75) is 39.7 Å². The lowest BCUT2D eigenvalue weighted by Crippen LogP contribution is -2.39. The molecule has 0 bridgehead atoms. The van der Waals surface area contributed by atoms with Gasteiger partial charge in [0.25, 0.3) is 0 Å². The number of hydrogen-bond acceptors (Lipinski definition) is 2. The van der Waals surface area contributed by atoms with Crippen LogP contribution in [0.25, 0.3) is 0 Å². The quantitative estimate of drug-likeness (QED) is 0.859. The van der Waals surface area contributed by atoms with Gasteiger partial charge in [-0.05, 0) is 63.5 Å². The molecule has 1 aliphatic carbocycles. The van der Waals surface area contributed by atoms with Gasteiger partial charge in [-0.2, -0.15) is 0 Å². The zero-order valence-corrected chi connectivity index (χ0v) is 11.6. The summed E-state index contributed by atoms with van der Waals surface area (Å²) in [5.74, 6) is 1.80. The average molecular weight is 243 g/mol. The van der Waals surface area contributed by atoms with E-state index >= 15 is 0 Å². The van der Waals surface area contributed by atoms with Gasteiger partial charge in [-0.15, -0.1) is 0 Å². The molecule has 2 nitrogen and oxygen atoms in total. The number of ether oxygens (including phenoxy) is 1. The van der Waals surface area contributed by atoms with Crippen molar-refractivity contribution in [3.8, 4) is 5.75 Å². The first-order valence-electron chi connectivity index (χ1n) is 6.30. The third kappa shape index (κ3) is 2.65. The van der Waals surface area contributed by atoms with Crippen molar-refractivity contribution in [2.24, 2.45) is 5.73 Å². The topological polar surface area (TPSA) is 35.2 Å². The first-order valence-corrected chi connectivity index (χ1v) is 6.30. The first kappa shape index (κ1) is 12.9. The highest BCUT2D eigenvalue weighted by atomic mass is 16.5. The highest BCUT2D eigenvalue weighted by Crippen LogP contribution is 2.31. The van der Waals surface area contributed by atoms with Crippen molar-refractivity contribution >= 4 is 0 Å². The van der Waals surface area contributed by atoms with Crippen LogP contribution in [0.15, 0.2) is 47.2 Å². The molecule has 0 amide bonds. The van der Waals surface area contributed by atoms with E-state index in [9.17, 15) is 0 Å². The van der Waals surface area contributed by atoms with Crippen LogP contribution < -0.4 is 10.5 Å². The number of allylic oxidation sites excluding steroid dienone is 1. The number of aryl methyl sites for hydroxylation is 1. The second-order valence-corrected chi connectivity index (χ2v) is 5.48. The molecule has 0 spiro atoms. The van der Waals surface area contributed by atoms with Gasteiger partial charge in [0.2, 0.25) is 0 Å². The smallest absolute Gasteiger partial charge is 0.127 e. The molecule has 0 aromatic heterocycles. The largest absolute Gasteiger partial charge is 0.457 e. The Labute approximate surface area is 109 Å². The summed E-state index contributed by atoms with van der Waals surface area (Å²) in [6.45, 7) is 8.27. The van der Waals surface area contributed by atoms with Crippen LogP contribution in [-0.2, 0) is 0 Å². The van der Waals surface area contributed by atoms with Crippen LogP contribution in [0.4, 0.5) is 0 Å². The van der Waals surface area contributed by atoms with Crippen LogP contribution in [0.2, 0.25) is 0 Å². The van der Waals surface area contributed by atoms with E-state index in [0.29, 0.717) is 0 Å². The van der Waals surface area contributed by atoms with E-state index < -0.39 is 0 Å². The van der Waals surface area contributed by atoms with Gasteiger partial charge in [0.15, 0.2) is 0 Å². The van der Waals surface area contributed by atoms with Crippen molar-refractivity contribution in [2.75, 3.05) is 0 Å². The lowest BCUT2D eigenvalue weighted by molar-refractivity contribution is 0.412. The number of benzene rings is 1. The Balaban J connectivity index is 2.22. The molecule has 2 N–H and O–H groups in total. The molecule has 1 aliphatic rings. The van der Waals surface area contributed by atoms with Crippen LogP contribution in [-0.4, -0.2) is 5.54 Å². The Hall–Kier alpha value is -1.54. The molecule has 0 heterocycles. The van der Waals surface area contributed by atoms with Crippen molar-refractivity contribution in [1.82, 2.24) is 0 Å². The van der Waals surface area contributed by atoms with Gasteiger partial charge in [0, 0.05) is 5.54 Å². The molecule has 1 unspecified atom stereocenters. The summed E-state index contributed by atoms with van der Waals surface area (Å²) < 4.78 is 5.93. The van der Waals surface area contributed by atoms with Gasteiger partial charge in [-0.25, -0.2) is 0 Å². The van der Waals surface area contributed by atoms with Crippen LogP contribution in [0.3, 0.4) is 0 Å². The highest BCUT2D eigenvalue weighted by Gasteiger charge is 2.27. The van der Waals surface area contributed by atoms with Gasteiger partial charge in [-0.3, -0.25) is 0 Å². The normalized spacial score (nSPS) is 23.9. The summed E-state index contributed by atoms with van der Waals surface area (Å²) in [5.41, 5.74) is 9.58. The van der Waals surface area contributed by atoms with Crippen LogP contribution in [0.5, 0.6) is 5.75 Å². The molecule has 0 saturated heterocycles. The minimum atomic E-state index is -0.246. The molecule has 0 fully saturated rings. The number of hydrogen-bond donors (Lipinski definition) is 1. The van der Waals surface area contributed by atoms with E-state index in [0.717, 1.165) is 23.5 Å². The molecule has 0 radical (unpaired) electrons. The average Bonchev–Trinajstić information content (AvgIpc) is 2.28. The van der Waals surface area contributed by atoms with Gasteiger partial charge >= 0.3 is 0 Å². The maximum atomic E-state index is 6.23. The summed E-state index contributed by atoms with van der Waals surface area (Å²) in [5, 5.41) is 0. The highest BCUT2D eigenvalue weighted by molar-refractivity contribution is 5.38. The Morgan fingerprint density at radius 2 is 1.72 bits per heavy atom. The summed E-state index contributed by atoms with van der Waals surface area (Å²) in [4.78, 5) is 0. The Bertz CT molecular complexity index is 506. The molecule has 0 saturated carbocycles. The summed E-state index contributed by atoms with van der Waals surface area (Å²) in [7, 11) is 0. The molecule has 1 aromatic rings. The molecule has 0 aliphatic heterocycles. The molecular formula is C16H21NO. The fourth-order valence-corrected chi connectivity index (χ4v) is 2.11. The Morgan fingerprint density at radius 1 is 1.11 bits per heavy atom. The van der Waals surface area contributed by atoms with E-state index in [1.807, 2.05) is 12.1 Å². The molecule has 2 heteroatoms. The fourth-order valence-electron chi connectivity index (χ4n) is 2.11.